The Hall–Kier alpha value is -2.15. The van der Waals surface area contributed by atoms with Gasteiger partial charge in [-0.15, -0.1) is 0 Å². The fourth-order valence-corrected chi connectivity index (χ4v) is 2.06. The quantitative estimate of drug-likeness (QED) is 0.837. The highest BCUT2D eigenvalue weighted by molar-refractivity contribution is 9.10. The van der Waals surface area contributed by atoms with Crippen LogP contribution in [-0.2, 0) is 0 Å². The number of ether oxygens (including phenoxy) is 1. The predicted molar refractivity (Wildman–Crippen MR) is 81.5 cm³/mol. The van der Waals surface area contributed by atoms with Gasteiger partial charge in [0.25, 0.3) is 5.91 Å². The number of hydrogen-bond acceptors (Lipinski definition) is 3. The normalized spacial score (nSPS) is 11.1. The summed E-state index contributed by atoms with van der Waals surface area (Å²) in [6.45, 7) is 0.638. The maximum Gasteiger partial charge on any atom is 0.394 e. The molecule has 2 rings (SSSR count). The smallest absolute Gasteiger partial charge is 0.394 e. The average Bonchev–Trinajstić information content (AvgIpc) is 2.39. The molecular weight excluding hydrogens is 360 g/mol. The summed E-state index contributed by atoms with van der Waals surface area (Å²) in [5.74, 6) is -0.700. The number of phenols is 1. The van der Waals surface area contributed by atoms with Gasteiger partial charge in [-0.3, -0.25) is 4.79 Å². The third-order valence-corrected chi connectivity index (χ3v) is 3.11. The van der Waals surface area contributed by atoms with Crippen LogP contribution in [0.3, 0.4) is 0 Å². The average molecular weight is 372 g/mol. The van der Waals surface area contributed by atoms with E-state index in [1.165, 1.54) is 36.4 Å². The van der Waals surface area contributed by atoms with E-state index in [1.54, 1.807) is 6.07 Å². The van der Waals surface area contributed by atoms with Crippen LogP contribution in [0.2, 0.25) is 0 Å². The van der Waals surface area contributed by atoms with Gasteiger partial charge in [-0.2, -0.15) is 8.78 Å². The Morgan fingerprint density at radius 3 is 2.41 bits per heavy atom. The van der Waals surface area contributed by atoms with Crippen molar-refractivity contribution in [3.8, 4) is 11.5 Å². The number of rotatable bonds is 4. The van der Waals surface area contributed by atoms with Crippen molar-refractivity contribution >= 4 is 27.5 Å². The van der Waals surface area contributed by atoms with E-state index in [-0.39, 0.29) is 17.1 Å². The minimum Gasteiger partial charge on any atom is -0.507 e. The molecule has 0 fully saturated rings. The molecule has 0 aliphatic rings. The third kappa shape index (κ3) is 4.42. The van der Waals surface area contributed by atoms with Crippen molar-refractivity contribution in [2.24, 2.45) is 0 Å². The van der Waals surface area contributed by atoms with E-state index >= 15 is 0 Å². The molecule has 116 valence electrons. The summed E-state index contributed by atoms with van der Waals surface area (Å²) in [5.41, 5.74) is 0.489. The first-order chi connectivity index (χ1) is 10.2. The lowest BCUT2D eigenvalue weighted by Gasteiger charge is -2.13. The van der Waals surface area contributed by atoms with E-state index in [4.69, 9.17) is 0 Å². The van der Waals surface area contributed by atoms with Gasteiger partial charge < -0.3 is 15.2 Å². The van der Waals surface area contributed by atoms with Crippen LogP contribution < -0.4 is 10.1 Å². The first-order valence-electron chi connectivity index (χ1n) is 6.21. The SMILES string of the molecule is CC(F)(F)Oc1ccc(NC(=O)c2ccc(Br)cc2O)cc1. The molecule has 4 nitrogen and oxygen atoms in total. The van der Waals surface area contributed by atoms with Crippen LogP contribution in [0.4, 0.5) is 14.5 Å². The van der Waals surface area contributed by atoms with E-state index in [0.29, 0.717) is 17.1 Å². The van der Waals surface area contributed by atoms with Crippen molar-refractivity contribution in [2.45, 2.75) is 13.0 Å². The van der Waals surface area contributed by atoms with Gasteiger partial charge in [0, 0.05) is 17.1 Å². The Balaban J connectivity index is 2.09. The molecule has 2 N–H and O–H groups in total. The number of amides is 1. The molecule has 0 saturated heterocycles. The molecule has 0 saturated carbocycles. The summed E-state index contributed by atoms with van der Waals surface area (Å²) in [5, 5.41) is 12.3. The Kier molecular flexibility index (Phi) is 4.65. The molecule has 1 amide bonds. The zero-order valence-electron chi connectivity index (χ0n) is 11.4. The summed E-state index contributed by atoms with van der Waals surface area (Å²) < 4.78 is 30.4. The lowest BCUT2D eigenvalue weighted by Crippen LogP contribution is -2.19. The standard InChI is InChI=1S/C15H12BrF2NO3/c1-15(17,18)22-11-5-3-10(4-6-11)19-14(21)12-7-2-9(16)8-13(12)20/h2-8,20H,1H3,(H,19,21). The number of alkyl halides is 2. The number of carbonyl (C=O) groups is 1. The molecule has 0 aliphatic carbocycles. The fourth-order valence-electron chi connectivity index (χ4n) is 1.71. The van der Waals surface area contributed by atoms with Gasteiger partial charge in [-0.05, 0) is 42.5 Å². The second-order valence-electron chi connectivity index (χ2n) is 4.55. The topological polar surface area (TPSA) is 58.6 Å². The van der Waals surface area contributed by atoms with Crippen LogP contribution >= 0.6 is 15.9 Å². The maximum atomic E-state index is 12.7. The number of nitrogens with one attached hydrogen (secondary N) is 1. The molecule has 0 aliphatic heterocycles. The van der Waals surface area contributed by atoms with Crippen LogP contribution in [0.1, 0.15) is 17.3 Å². The van der Waals surface area contributed by atoms with Gasteiger partial charge in [0.2, 0.25) is 0 Å². The molecule has 22 heavy (non-hydrogen) atoms. The van der Waals surface area contributed by atoms with Gasteiger partial charge in [-0.25, -0.2) is 0 Å². The van der Waals surface area contributed by atoms with Gasteiger partial charge in [-0.1, -0.05) is 15.9 Å². The van der Waals surface area contributed by atoms with Crippen molar-refractivity contribution in [1.82, 2.24) is 0 Å². The molecule has 0 unspecified atom stereocenters. The van der Waals surface area contributed by atoms with Crippen molar-refractivity contribution in [3.05, 3.63) is 52.5 Å². The Morgan fingerprint density at radius 1 is 1.23 bits per heavy atom. The van der Waals surface area contributed by atoms with Crippen molar-refractivity contribution < 1.29 is 23.4 Å². The van der Waals surface area contributed by atoms with E-state index in [9.17, 15) is 18.7 Å². The van der Waals surface area contributed by atoms with E-state index in [1.807, 2.05) is 0 Å². The lowest BCUT2D eigenvalue weighted by atomic mass is 10.2. The van der Waals surface area contributed by atoms with Crippen molar-refractivity contribution in [3.63, 3.8) is 0 Å². The number of benzene rings is 2. The summed E-state index contributed by atoms with van der Waals surface area (Å²) in [4.78, 5) is 12.0. The van der Waals surface area contributed by atoms with Crippen LogP contribution in [-0.4, -0.2) is 17.1 Å². The predicted octanol–water partition coefficient (Wildman–Crippen LogP) is 4.40. The number of halogens is 3. The Labute approximate surface area is 133 Å². The second-order valence-corrected chi connectivity index (χ2v) is 5.47. The third-order valence-electron chi connectivity index (χ3n) is 2.61. The molecule has 0 spiro atoms. The molecule has 0 aromatic heterocycles. The molecule has 7 heteroatoms. The first kappa shape index (κ1) is 16.2. The minimum absolute atomic E-state index is 0.0167. The maximum absolute atomic E-state index is 12.7. The highest BCUT2D eigenvalue weighted by Crippen LogP contribution is 2.25. The minimum atomic E-state index is -3.27. The summed E-state index contributed by atoms with van der Waals surface area (Å²) in [7, 11) is 0. The van der Waals surface area contributed by atoms with Gasteiger partial charge in [0.1, 0.15) is 11.5 Å². The van der Waals surface area contributed by atoms with Gasteiger partial charge >= 0.3 is 6.11 Å². The number of phenolic OH excluding ortho intramolecular Hbond substituents is 1. The lowest BCUT2D eigenvalue weighted by molar-refractivity contribution is -0.158. The molecule has 0 radical (unpaired) electrons. The van der Waals surface area contributed by atoms with Crippen LogP contribution in [0.15, 0.2) is 46.9 Å². The molecule has 2 aromatic carbocycles. The van der Waals surface area contributed by atoms with Crippen LogP contribution in [0.5, 0.6) is 11.5 Å². The number of anilines is 1. The highest BCUT2D eigenvalue weighted by atomic mass is 79.9. The monoisotopic (exact) mass is 371 g/mol. The number of aromatic hydroxyl groups is 1. The second kappa shape index (κ2) is 6.31. The largest absolute Gasteiger partial charge is 0.507 e. The highest BCUT2D eigenvalue weighted by Gasteiger charge is 2.23. The molecular formula is C15H12BrF2NO3. The zero-order valence-corrected chi connectivity index (χ0v) is 13.0. The Bertz CT molecular complexity index is 684. The number of carbonyl (C=O) groups excluding carboxylic acids is 1. The summed E-state index contributed by atoms with van der Waals surface area (Å²) in [6.07, 6.45) is -3.27. The van der Waals surface area contributed by atoms with Crippen molar-refractivity contribution in [2.75, 3.05) is 5.32 Å². The van der Waals surface area contributed by atoms with E-state index in [0.717, 1.165) is 0 Å². The molecule has 0 atom stereocenters. The molecule has 2 aromatic rings. The van der Waals surface area contributed by atoms with Crippen LogP contribution in [0, 0.1) is 0 Å². The van der Waals surface area contributed by atoms with Gasteiger partial charge in [0.15, 0.2) is 0 Å². The van der Waals surface area contributed by atoms with Crippen LogP contribution in [0.25, 0.3) is 0 Å². The summed E-state index contributed by atoms with van der Waals surface area (Å²) >= 11 is 3.18. The van der Waals surface area contributed by atoms with Crippen molar-refractivity contribution in [1.29, 1.82) is 0 Å². The Morgan fingerprint density at radius 2 is 1.86 bits per heavy atom. The van der Waals surface area contributed by atoms with E-state index < -0.39 is 12.0 Å². The van der Waals surface area contributed by atoms with Gasteiger partial charge in [0.05, 0.1) is 5.56 Å². The molecule has 0 heterocycles. The first-order valence-corrected chi connectivity index (χ1v) is 7.01. The molecule has 0 bridgehead atoms. The summed E-state index contributed by atoms with van der Waals surface area (Å²) in [6, 6.07) is 9.96. The zero-order chi connectivity index (χ0) is 16.3. The van der Waals surface area contributed by atoms with E-state index in [2.05, 4.69) is 26.0 Å². The fraction of sp³-hybridized carbons (Fsp3) is 0.133. The number of hydrogen-bond donors (Lipinski definition) is 2.